The standard InChI is InChI=1S/C7H4ClFN4O2S/c8-16(14,15)4-1-2-6(9)5(3-4)7-10-12-13-11-7/h1-3H,(H,10,11,12,13). The average molecular weight is 263 g/mol. The van der Waals surface area contributed by atoms with E-state index in [9.17, 15) is 12.8 Å². The number of hydrogen-bond acceptors (Lipinski definition) is 5. The molecule has 0 saturated carbocycles. The number of tetrazole rings is 1. The predicted molar refractivity (Wildman–Crippen MR) is 52.6 cm³/mol. The zero-order valence-electron chi connectivity index (χ0n) is 7.55. The van der Waals surface area contributed by atoms with Crippen LogP contribution in [0.1, 0.15) is 0 Å². The first kappa shape index (κ1) is 11.0. The van der Waals surface area contributed by atoms with Crippen molar-refractivity contribution in [3.05, 3.63) is 24.0 Å². The lowest BCUT2D eigenvalue weighted by atomic mass is 10.2. The van der Waals surface area contributed by atoms with Crippen LogP contribution in [0.5, 0.6) is 0 Å². The highest BCUT2D eigenvalue weighted by Crippen LogP contribution is 2.24. The fraction of sp³-hybridized carbons (Fsp3) is 0. The Kier molecular flexibility index (Phi) is 2.60. The average Bonchev–Trinajstić information content (AvgIpc) is 2.69. The third-order valence-corrected chi connectivity index (χ3v) is 3.16. The summed E-state index contributed by atoms with van der Waals surface area (Å²) in [7, 11) is 1.22. The van der Waals surface area contributed by atoms with Gasteiger partial charge >= 0.3 is 0 Å². The smallest absolute Gasteiger partial charge is 0.207 e. The monoisotopic (exact) mass is 262 g/mol. The molecule has 16 heavy (non-hydrogen) atoms. The van der Waals surface area contributed by atoms with Crippen LogP contribution in [-0.2, 0) is 9.05 Å². The predicted octanol–water partition coefficient (Wildman–Crippen LogP) is 0.933. The SMILES string of the molecule is O=S(=O)(Cl)c1ccc(F)c(-c2nn[nH]n2)c1. The molecule has 0 amide bonds. The van der Waals surface area contributed by atoms with E-state index in [4.69, 9.17) is 10.7 Å². The molecule has 1 aromatic carbocycles. The molecule has 0 aliphatic rings. The summed E-state index contributed by atoms with van der Waals surface area (Å²) in [6.07, 6.45) is 0. The van der Waals surface area contributed by atoms with Crippen molar-refractivity contribution < 1.29 is 12.8 Å². The topological polar surface area (TPSA) is 88.6 Å². The van der Waals surface area contributed by atoms with Crippen LogP contribution < -0.4 is 0 Å². The molecule has 0 radical (unpaired) electrons. The molecule has 2 aromatic rings. The molecule has 0 spiro atoms. The fourth-order valence-electron chi connectivity index (χ4n) is 1.10. The zero-order valence-corrected chi connectivity index (χ0v) is 9.13. The molecule has 0 aliphatic carbocycles. The highest BCUT2D eigenvalue weighted by Gasteiger charge is 2.16. The number of hydrogen-bond donors (Lipinski definition) is 1. The van der Waals surface area contributed by atoms with Gasteiger partial charge in [0, 0.05) is 10.7 Å². The highest BCUT2D eigenvalue weighted by atomic mass is 35.7. The maximum atomic E-state index is 13.4. The number of aromatic amines is 1. The maximum absolute atomic E-state index is 13.4. The van der Waals surface area contributed by atoms with Crippen molar-refractivity contribution in [3.63, 3.8) is 0 Å². The van der Waals surface area contributed by atoms with Gasteiger partial charge in [-0.3, -0.25) is 0 Å². The second-order valence-corrected chi connectivity index (χ2v) is 5.38. The van der Waals surface area contributed by atoms with Crippen LogP contribution in [0.25, 0.3) is 11.4 Å². The second-order valence-electron chi connectivity index (χ2n) is 2.81. The van der Waals surface area contributed by atoms with E-state index in [1.165, 1.54) is 0 Å². The van der Waals surface area contributed by atoms with Crippen LogP contribution in [0.3, 0.4) is 0 Å². The molecule has 0 bridgehead atoms. The molecule has 84 valence electrons. The number of benzene rings is 1. The minimum atomic E-state index is -3.91. The summed E-state index contributed by atoms with van der Waals surface area (Å²) in [6.45, 7) is 0. The van der Waals surface area contributed by atoms with E-state index < -0.39 is 14.9 Å². The number of H-pyrrole nitrogens is 1. The van der Waals surface area contributed by atoms with Crippen LogP contribution in [0, 0.1) is 5.82 Å². The van der Waals surface area contributed by atoms with Crippen LogP contribution in [0.2, 0.25) is 0 Å². The Morgan fingerprint density at radius 2 is 2.12 bits per heavy atom. The first-order valence-corrected chi connectivity index (χ1v) is 6.27. The minimum absolute atomic E-state index is 0.0420. The molecule has 1 aromatic heterocycles. The largest absolute Gasteiger partial charge is 0.261 e. The van der Waals surface area contributed by atoms with E-state index in [-0.39, 0.29) is 16.3 Å². The van der Waals surface area contributed by atoms with Crippen molar-refractivity contribution in [2.45, 2.75) is 4.90 Å². The quantitative estimate of drug-likeness (QED) is 0.814. The van der Waals surface area contributed by atoms with Crippen LogP contribution in [0.15, 0.2) is 23.1 Å². The molecule has 1 N–H and O–H groups in total. The van der Waals surface area contributed by atoms with Gasteiger partial charge in [0.25, 0.3) is 9.05 Å². The maximum Gasteiger partial charge on any atom is 0.261 e. The lowest BCUT2D eigenvalue weighted by Crippen LogP contribution is -1.94. The Bertz CT molecular complexity index is 613. The normalized spacial score (nSPS) is 11.6. The summed E-state index contributed by atoms with van der Waals surface area (Å²) >= 11 is 0. The van der Waals surface area contributed by atoms with E-state index in [2.05, 4.69) is 20.6 Å². The summed E-state index contributed by atoms with van der Waals surface area (Å²) < 4.78 is 35.5. The van der Waals surface area contributed by atoms with Gasteiger partial charge in [0.15, 0.2) is 0 Å². The second kappa shape index (κ2) is 3.80. The molecule has 2 rings (SSSR count). The van der Waals surface area contributed by atoms with Crippen molar-refractivity contribution in [1.82, 2.24) is 20.6 Å². The van der Waals surface area contributed by atoms with Crippen molar-refractivity contribution >= 4 is 19.7 Å². The van der Waals surface area contributed by atoms with E-state index >= 15 is 0 Å². The molecular weight excluding hydrogens is 259 g/mol. The summed E-state index contributed by atoms with van der Waals surface area (Å²) in [6, 6.07) is 3.07. The minimum Gasteiger partial charge on any atom is -0.207 e. The number of rotatable bonds is 2. The third-order valence-electron chi connectivity index (χ3n) is 1.81. The van der Waals surface area contributed by atoms with E-state index in [1.54, 1.807) is 0 Å². The number of nitrogens with zero attached hydrogens (tertiary/aromatic N) is 3. The fourth-order valence-corrected chi connectivity index (χ4v) is 1.88. The van der Waals surface area contributed by atoms with Crippen molar-refractivity contribution in [3.8, 4) is 11.4 Å². The lowest BCUT2D eigenvalue weighted by Gasteiger charge is -2.00. The third kappa shape index (κ3) is 2.02. The molecule has 0 aliphatic heterocycles. The van der Waals surface area contributed by atoms with Gasteiger partial charge < -0.3 is 0 Å². The molecular formula is C7H4ClFN4O2S. The summed E-state index contributed by atoms with van der Waals surface area (Å²) in [5.74, 6) is -0.704. The van der Waals surface area contributed by atoms with E-state index in [0.29, 0.717) is 0 Å². The van der Waals surface area contributed by atoms with Gasteiger partial charge in [0.2, 0.25) is 5.82 Å². The van der Waals surface area contributed by atoms with Gasteiger partial charge in [0.05, 0.1) is 10.5 Å². The van der Waals surface area contributed by atoms with Gasteiger partial charge in [0.1, 0.15) is 5.82 Å². The Hall–Kier alpha value is -1.54. The highest BCUT2D eigenvalue weighted by molar-refractivity contribution is 8.13. The van der Waals surface area contributed by atoms with Crippen molar-refractivity contribution in [2.75, 3.05) is 0 Å². The van der Waals surface area contributed by atoms with Crippen LogP contribution >= 0.6 is 10.7 Å². The summed E-state index contributed by atoms with van der Waals surface area (Å²) in [4.78, 5) is -0.227. The molecule has 6 nitrogen and oxygen atoms in total. The molecule has 0 saturated heterocycles. The summed E-state index contributed by atoms with van der Waals surface area (Å²) in [5.41, 5.74) is -0.0875. The molecule has 0 fully saturated rings. The molecule has 1 heterocycles. The van der Waals surface area contributed by atoms with Gasteiger partial charge in [-0.2, -0.15) is 5.21 Å². The first-order chi connectivity index (χ1) is 7.48. The zero-order chi connectivity index (χ0) is 11.8. The number of halogens is 2. The number of nitrogens with one attached hydrogen (secondary N) is 1. The first-order valence-electron chi connectivity index (χ1n) is 3.96. The Balaban J connectivity index is 2.63. The Morgan fingerprint density at radius 3 is 2.69 bits per heavy atom. The molecule has 9 heteroatoms. The van der Waals surface area contributed by atoms with Gasteiger partial charge in [-0.05, 0) is 23.4 Å². The lowest BCUT2D eigenvalue weighted by molar-refractivity contribution is 0.608. The van der Waals surface area contributed by atoms with Gasteiger partial charge in [-0.25, -0.2) is 12.8 Å². The van der Waals surface area contributed by atoms with E-state index in [0.717, 1.165) is 18.2 Å². The van der Waals surface area contributed by atoms with Crippen LogP contribution in [-0.4, -0.2) is 29.0 Å². The Morgan fingerprint density at radius 1 is 1.38 bits per heavy atom. The summed E-state index contributed by atoms with van der Waals surface area (Å²) in [5, 5.41) is 12.5. The molecule has 0 atom stereocenters. The van der Waals surface area contributed by atoms with Crippen molar-refractivity contribution in [2.24, 2.45) is 0 Å². The Labute approximate surface area is 93.9 Å². The number of aromatic nitrogens is 4. The van der Waals surface area contributed by atoms with Crippen LogP contribution in [0.4, 0.5) is 4.39 Å². The van der Waals surface area contributed by atoms with Crippen molar-refractivity contribution in [1.29, 1.82) is 0 Å². The van der Waals surface area contributed by atoms with Gasteiger partial charge in [-0.1, -0.05) is 0 Å². The van der Waals surface area contributed by atoms with E-state index in [1.807, 2.05) is 0 Å². The van der Waals surface area contributed by atoms with Gasteiger partial charge in [-0.15, -0.1) is 10.2 Å². The molecule has 0 unspecified atom stereocenters.